The molecule has 0 saturated heterocycles. The van der Waals surface area contributed by atoms with Gasteiger partial charge in [0, 0.05) is 11.6 Å². The molecule has 0 atom stereocenters. The summed E-state index contributed by atoms with van der Waals surface area (Å²) in [4.78, 5) is 12.2. The minimum absolute atomic E-state index is 0.0372. The van der Waals surface area contributed by atoms with Crippen LogP contribution in [0.25, 0.3) is 0 Å². The Kier molecular flexibility index (Phi) is 7.19. The van der Waals surface area contributed by atoms with E-state index in [1.165, 1.54) is 0 Å². The number of carbonyl (C=O) groups excluding carboxylic acids is 1. The van der Waals surface area contributed by atoms with Crippen LogP contribution in [0.3, 0.4) is 0 Å². The van der Waals surface area contributed by atoms with Crippen molar-refractivity contribution in [3.05, 3.63) is 100 Å². The van der Waals surface area contributed by atoms with Gasteiger partial charge < -0.3 is 4.74 Å². The highest BCUT2D eigenvalue weighted by Crippen LogP contribution is 2.27. The van der Waals surface area contributed by atoms with E-state index in [9.17, 15) is 4.79 Å². The summed E-state index contributed by atoms with van der Waals surface area (Å²) >= 11 is 3.45. The molecule has 3 aromatic rings. The molecule has 3 rings (SSSR count). The SMILES string of the molecule is C/C(=N\NC(=O)COc1ccc(C)cc1Br)C(c1ccccc1)c1ccccc1. The maximum Gasteiger partial charge on any atom is 0.277 e. The van der Waals surface area contributed by atoms with Crippen molar-refractivity contribution in [2.75, 3.05) is 6.61 Å². The lowest BCUT2D eigenvalue weighted by atomic mass is 9.88. The first-order valence-corrected chi connectivity index (χ1v) is 10.2. The largest absolute Gasteiger partial charge is 0.483 e. The molecule has 148 valence electrons. The van der Waals surface area contributed by atoms with Crippen molar-refractivity contribution >= 4 is 27.5 Å². The Hall–Kier alpha value is -2.92. The average Bonchev–Trinajstić information content (AvgIpc) is 2.73. The van der Waals surface area contributed by atoms with E-state index in [1.54, 1.807) is 0 Å². The van der Waals surface area contributed by atoms with Crippen molar-refractivity contribution < 1.29 is 9.53 Å². The van der Waals surface area contributed by atoms with E-state index in [-0.39, 0.29) is 18.4 Å². The van der Waals surface area contributed by atoms with Crippen molar-refractivity contribution in [3.8, 4) is 5.75 Å². The fourth-order valence-corrected chi connectivity index (χ4v) is 3.69. The predicted octanol–water partition coefficient (Wildman–Crippen LogP) is 5.46. The molecule has 0 fully saturated rings. The maximum atomic E-state index is 12.2. The van der Waals surface area contributed by atoms with Crippen molar-refractivity contribution in [2.45, 2.75) is 19.8 Å². The lowest BCUT2D eigenvalue weighted by molar-refractivity contribution is -0.123. The van der Waals surface area contributed by atoms with Crippen molar-refractivity contribution in [1.82, 2.24) is 5.43 Å². The van der Waals surface area contributed by atoms with Gasteiger partial charge >= 0.3 is 0 Å². The number of ether oxygens (including phenoxy) is 1. The summed E-state index contributed by atoms with van der Waals surface area (Å²) in [6.07, 6.45) is 0. The molecular formula is C24H23BrN2O2. The molecule has 3 aromatic carbocycles. The number of hydrogen-bond acceptors (Lipinski definition) is 3. The van der Waals surface area contributed by atoms with Gasteiger partial charge in [-0.3, -0.25) is 4.79 Å². The Labute approximate surface area is 179 Å². The molecule has 0 aliphatic carbocycles. The molecule has 4 nitrogen and oxygen atoms in total. The number of rotatable bonds is 7. The van der Waals surface area contributed by atoms with E-state index in [0.29, 0.717) is 5.75 Å². The lowest BCUT2D eigenvalue weighted by Gasteiger charge is -2.18. The predicted molar refractivity (Wildman–Crippen MR) is 120 cm³/mol. The molecule has 0 saturated carbocycles. The topological polar surface area (TPSA) is 50.7 Å². The number of halogens is 1. The first-order chi connectivity index (χ1) is 14.0. The van der Waals surface area contributed by atoms with Gasteiger partial charge in [0.1, 0.15) is 5.75 Å². The van der Waals surface area contributed by atoms with Crippen LogP contribution >= 0.6 is 15.9 Å². The first kappa shape index (κ1) is 20.8. The molecule has 0 spiro atoms. The van der Waals surface area contributed by atoms with E-state index in [0.717, 1.165) is 26.9 Å². The number of hydrazone groups is 1. The smallest absolute Gasteiger partial charge is 0.277 e. The quantitative estimate of drug-likeness (QED) is 0.383. The number of carbonyl (C=O) groups is 1. The van der Waals surface area contributed by atoms with Crippen molar-refractivity contribution in [1.29, 1.82) is 0 Å². The molecule has 0 bridgehead atoms. The van der Waals surface area contributed by atoms with Gasteiger partial charge in [0.2, 0.25) is 0 Å². The zero-order valence-corrected chi connectivity index (χ0v) is 18.0. The second kappa shape index (κ2) is 10.0. The highest BCUT2D eigenvalue weighted by atomic mass is 79.9. The van der Waals surface area contributed by atoms with Crippen LogP contribution in [0.15, 0.2) is 88.4 Å². The molecule has 0 radical (unpaired) electrons. The Morgan fingerprint density at radius 2 is 1.59 bits per heavy atom. The Morgan fingerprint density at radius 3 is 2.14 bits per heavy atom. The van der Waals surface area contributed by atoms with Crippen LogP contribution in [0.2, 0.25) is 0 Å². The third kappa shape index (κ3) is 5.78. The van der Waals surface area contributed by atoms with E-state index >= 15 is 0 Å². The zero-order chi connectivity index (χ0) is 20.6. The van der Waals surface area contributed by atoms with Gasteiger partial charge in [-0.25, -0.2) is 5.43 Å². The second-order valence-electron chi connectivity index (χ2n) is 6.77. The van der Waals surface area contributed by atoms with Crippen LogP contribution in [0.5, 0.6) is 5.75 Å². The maximum absolute atomic E-state index is 12.2. The summed E-state index contributed by atoms with van der Waals surface area (Å²) in [5.41, 5.74) is 6.76. The fourth-order valence-electron chi connectivity index (χ4n) is 3.08. The van der Waals surface area contributed by atoms with Crippen molar-refractivity contribution in [3.63, 3.8) is 0 Å². The van der Waals surface area contributed by atoms with Crippen LogP contribution in [-0.4, -0.2) is 18.2 Å². The number of nitrogens with one attached hydrogen (secondary N) is 1. The summed E-state index contributed by atoms with van der Waals surface area (Å²) in [5, 5.41) is 4.35. The second-order valence-corrected chi connectivity index (χ2v) is 7.62. The van der Waals surface area contributed by atoms with Gasteiger partial charge in [-0.1, -0.05) is 66.7 Å². The summed E-state index contributed by atoms with van der Waals surface area (Å²) in [6.45, 7) is 3.80. The van der Waals surface area contributed by atoms with Gasteiger partial charge in [0.15, 0.2) is 6.61 Å². The summed E-state index contributed by atoms with van der Waals surface area (Å²) in [6, 6.07) is 26.0. The summed E-state index contributed by atoms with van der Waals surface area (Å²) in [5.74, 6) is 0.277. The third-order valence-electron chi connectivity index (χ3n) is 4.49. The average molecular weight is 451 g/mol. The molecule has 0 unspecified atom stereocenters. The van der Waals surface area contributed by atoms with E-state index < -0.39 is 0 Å². The molecule has 29 heavy (non-hydrogen) atoms. The van der Waals surface area contributed by atoms with Crippen LogP contribution in [0, 0.1) is 6.92 Å². The first-order valence-electron chi connectivity index (χ1n) is 9.36. The van der Waals surface area contributed by atoms with Gasteiger partial charge in [-0.2, -0.15) is 5.10 Å². The third-order valence-corrected chi connectivity index (χ3v) is 5.11. The Bertz CT molecular complexity index is 949. The molecule has 0 aliphatic rings. The standard InChI is InChI=1S/C24H23BrN2O2/c1-17-13-14-22(21(25)15-17)29-16-23(28)27-26-18(2)24(19-9-5-3-6-10-19)20-11-7-4-8-12-20/h3-15,24H,16H2,1-2H3,(H,27,28)/b26-18+. The number of aryl methyl sites for hydroxylation is 1. The van der Waals surface area contributed by atoms with E-state index in [4.69, 9.17) is 4.74 Å². The highest BCUT2D eigenvalue weighted by Gasteiger charge is 2.17. The van der Waals surface area contributed by atoms with E-state index in [2.05, 4.69) is 50.7 Å². The number of hydrogen-bond donors (Lipinski definition) is 1. The lowest BCUT2D eigenvalue weighted by Crippen LogP contribution is -2.26. The minimum atomic E-state index is -0.309. The number of benzene rings is 3. The summed E-state index contributed by atoms with van der Waals surface area (Å²) < 4.78 is 6.41. The molecule has 1 N–H and O–H groups in total. The molecule has 0 heterocycles. The normalized spacial score (nSPS) is 11.4. The Morgan fingerprint density at radius 1 is 1.00 bits per heavy atom. The minimum Gasteiger partial charge on any atom is -0.483 e. The van der Waals surface area contributed by atoms with Gasteiger partial charge in [0.25, 0.3) is 5.91 Å². The number of nitrogens with zero attached hydrogens (tertiary/aromatic N) is 1. The van der Waals surface area contributed by atoms with Gasteiger partial charge in [-0.15, -0.1) is 0 Å². The monoisotopic (exact) mass is 450 g/mol. The molecular weight excluding hydrogens is 428 g/mol. The zero-order valence-electron chi connectivity index (χ0n) is 16.4. The van der Waals surface area contributed by atoms with Crippen LogP contribution in [-0.2, 0) is 4.79 Å². The van der Waals surface area contributed by atoms with Crippen molar-refractivity contribution in [2.24, 2.45) is 5.10 Å². The van der Waals surface area contributed by atoms with Gasteiger partial charge in [0.05, 0.1) is 4.47 Å². The summed E-state index contributed by atoms with van der Waals surface area (Å²) in [7, 11) is 0. The molecule has 5 heteroatoms. The molecule has 0 aliphatic heterocycles. The Balaban J connectivity index is 1.69. The van der Waals surface area contributed by atoms with Crippen LogP contribution in [0.1, 0.15) is 29.5 Å². The fraction of sp³-hybridized carbons (Fsp3) is 0.167. The molecule has 1 amide bonds. The van der Waals surface area contributed by atoms with Crippen LogP contribution < -0.4 is 10.2 Å². The number of amides is 1. The van der Waals surface area contributed by atoms with Gasteiger partial charge in [-0.05, 0) is 58.6 Å². The highest BCUT2D eigenvalue weighted by molar-refractivity contribution is 9.10. The molecule has 0 aromatic heterocycles. The van der Waals surface area contributed by atoms with Crippen LogP contribution in [0.4, 0.5) is 0 Å². The van der Waals surface area contributed by atoms with E-state index in [1.807, 2.05) is 68.4 Å².